The molecule has 0 N–H and O–H groups in total. The molecule has 3 rings (SSSR count). The molecule has 1 nitrogen and oxygen atoms in total. The van der Waals surface area contributed by atoms with Gasteiger partial charge in [0, 0.05) is 15.2 Å². The van der Waals surface area contributed by atoms with Gasteiger partial charge < -0.3 is 0 Å². The first kappa shape index (κ1) is 10.5. The van der Waals surface area contributed by atoms with E-state index in [1.165, 1.54) is 0 Å². The van der Waals surface area contributed by atoms with Gasteiger partial charge in [-0.1, -0.05) is 58.4 Å². The highest BCUT2D eigenvalue weighted by atomic mass is 79.9. The molecule has 0 saturated heterocycles. The Morgan fingerprint density at radius 2 is 1.41 bits per heavy atom. The molecule has 82 valence electrons. The minimum Gasteiger partial charge on any atom is -0.289 e. The maximum Gasteiger partial charge on any atom is 0.194 e. The van der Waals surface area contributed by atoms with Crippen LogP contribution in [0.1, 0.15) is 0 Å². The van der Waals surface area contributed by atoms with Crippen molar-refractivity contribution in [2.75, 3.05) is 0 Å². The first-order valence-corrected chi connectivity index (χ1v) is 6.16. The Labute approximate surface area is 107 Å². The maximum absolute atomic E-state index is 12.4. The summed E-state index contributed by atoms with van der Waals surface area (Å²) in [5, 5.41) is 3.46. The van der Waals surface area contributed by atoms with Gasteiger partial charge in [-0.15, -0.1) is 0 Å². The summed E-state index contributed by atoms with van der Waals surface area (Å²) in [6.45, 7) is 0. The fraction of sp³-hybridized carbons (Fsp3) is 0. The van der Waals surface area contributed by atoms with Crippen molar-refractivity contribution in [1.29, 1.82) is 0 Å². The molecule has 0 spiro atoms. The van der Waals surface area contributed by atoms with Gasteiger partial charge in [0.1, 0.15) is 0 Å². The van der Waals surface area contributed by atoms with Crippen LogP contribution in [0.5, 0.6) is 0 Å². The van der Waals surface area contributed by atoms with Crippen molar-refractivity contribution in [1.82, 2.24) is 0 Å². The fourth-order valence-electron chi connectivity index (χ4n) is 2.04. The van der Waals surface area contributed by atoms with Crippen LogP contribution < -0.4 is 5.43 Å². The summed E-state index contributed by atoms with van der Waals surface area (Å²) in [5.41, 5.74) is 0.0851. The van der Waals surface area contributed by atoms with Crippen LogP contribution in [-0.4, -0.2) is 0 Å². The van der Waals surface area contributed by atoms with Crippen molar-refractivity contribution in [2.45, 2.75) is 0 Å². The third-order valence-corrected chi connectivity index (χ3v) is 3.40. The van der Waals surface area contributed by atoms with Gasteiger partial charge in [0.2, 0.25) is 0 Å². The van der Waals surface area contributed by atoms with Crippen molar-refractivity contribution in [2.24, 2.45) is 0 Å². The average Bonchev–Trinajstić information content (AvgIpc) is 2.49. The van der Waals surface area contributed by atoms with Gasteiger partial charge >= 0.3 is 0 Å². The number of benzene rings is 2. The first-order chi connectivity index (χ1) is 8.25. The molecule has 17 heavy (non-hydrogen) atoms. The molecule has 0 aromatic heterocycles. The van der Waals surface area contributed by atoms with Crippen LogP contribution in [0.15, 0.2) is 63.9 Å². The second-order valence-electron chi connectivity index (χ2n) is 3.98. The van der Waals surface area contributed by atoms with Crippen LogP contribution in [0.25, 0.3) is 21.5 Å². The van der Waals surface area contributed by atoms with Gasteiger partial charge in [0.15, 0.2) is 5.43 Å². The monoisotopic (exact) mass is 284 g/mol. The quantitative estimate of drug-likeness (QED) is 0.607. The number of rotatable bonds is 0. The zero-order valence-electron chi connectivity index (χ0n) is 8.98. The molecule has 0 atom stereocenters. The lowest BCUT2D eigenvalue weighted by Gasteiger charge is -1.93. The molecular weight excluding hydrogens is 276 g/mol. The molecule has 0 aliphatic rings. The number of hydrogen-bond acceptors (Lipinski definition) is 1. The fourth-order valence-corrected chi connectivity index (χ4v) is 2.41. The predicted molar refractivity (Wildman–Crippen MR) is 75.4 cm³/mol. The Morgan fingerprint density at radius 1 is 0.765 bits per heavy atom. The van der Waals surface area contributed by atoms with Crippen LogP contribution in [-0.2, 0) is 0 Å². The average molecular weight is 285 g/mol. The summed E-state index contributed by atoms with van der Waals surface area (Å²) in [4.78, 5) is 12.4. The molecule has 0 saturated carbocycles. The summed E-state index contributed by atoms with van der Waals surface area (Å²) in [5.74, 6) is 0. The molecule has 3 aromatic rings. The number of halogens is 1. The van der Waals surface area contributed by atoms with E-state index < -0.39 is 0 Å². The van der Waals surface area contributed by atoms with E-state index >= 15 is 0 Å². The van der Waals surface area contributed by atoms with Gasteiger partial charge in [0.25, 0.3) is 0 Å². The van der Waals surface area contributed by atoms with Gasteiger partial charge in [0.05, 0.1) is 0 Å². The van der Waals surface area contributed by atoms with E-state index in [9.17, 15) is 4.79 Å². The molecule has 0 heterocycles. The normalized spacial score (nSPS) is 10.9. The minimum absolute atomic E-state index is 0.0851. The van der Waals surface area contributed by atoms with E-state index in [-0.39, 0.29) is 5.43 Å². The number of fused-ring (bicyclic) bond motifs is 2. The summed E-state index contributed by atoms with van der Waals surface area (Å²) < 4.78 is 0.928. The second-order valence-corrected chi connectivity index (χ2v) is 4.90. The molecule has 0 aliphatic carbocycles. The first-order valence-electron chi connectivity index (χ1n) is 5.37. The summed E-state index contributed by atoms with van der Waals surface area (Å²) in [7, 11) is 0. The lowest BCUT2D eigenvalue weighted by Crippen LogP contribution is -1.97. The zero-order chi connectivity index (χ0) is 11.8. The van der Waals surface area contributed by atoms with Crippen LogP contribution in [0.4, 0.5) is 0 Å². The van der Waals surface area contributed by atoms with Crippen molar-refractivity contribution in [3.05, 3.63) is 69.3 Å². The Bertz CT molecular complexity index is 778. The van der Waals surface area contributed by atoms with Gasteiger partial charge in [-0.2, -0.15) is 0 Å². The van der Waals surface area contributed by atoms with E-state index in [0.717, 1.165) is 26.0 Å². The van der Waals surface area contributed by atoms with E-state index in [2.05, 4.69) is 15.9 Å². The molecule has 3 aromatic carbocycles. The van der Waals surface area contributed by atoms with Gasteiger partial charge in [-0.3, -0.25) is 4.79 Å². The Kier molecular flexibility index (Phi) is 2.45. The van der Waals surface area contributed by atoms with Crippen molar-refractivity contribution in [3.8, 4) is 0 Å². The smallest absolute Gasteiger partial charge is 0.194 e. The van der Waals surface area contributed by atoms with Gasteiger partial charge in [-0.05, 0) is 22.9 Å². The summed E-state index contributed by atoms with van der Waals surface area (Å²) in [6, 6.07) is 17.5. The standard InChI is InChI=1S/C15H9BrO/c16-12-8-7-11-6-5-10-3-1-2-4-13(10)15(17)14(11)9-12/h1-9H. The maximum atomic E-state index is 12.4. The van der Waals surface area contributed by atoms with E-state index in [4.69, 9.17) is 0 Å². The lowest BCUT2D eigenvalue weighted by molar-refractivity contribution is 1.71. The molecule has 0 aliphatic heterocycles. The van der Waals surface area contributed by atoms with Crippen LogP contribution in [0.2, 0.25) is 0 Å². The van der Waals surface area contributed by atoms with Crippen molar-refractivity contribution in [3.63, 3.8) is 0 Å². The van der Waals surface area contributed by atoms with E-state index in [1.54, 1.807) is 0 Å². The molecule has 0 bridgehead atoms. The highest BCUT2D eigenvalue weighted by molar-refractivity contribution is 9.10. The third-order valence-electron chi connectivity index (χ3n) is 2.91. The Balaban J connectivity index is 2.65. The highest BCUT2D eigenvalue weighted by Gasteiger charge is 2.01. The molecule has 0 fully saturated rings. The third kappa shape index (κ3) is 1.75. The topological polar surface area (TPSA) is 17.1 Å². The molecular formula is C15H9BrO. The lowest BCUT2D eigenvalue weighted by atomic mass is 10.1. The van der Waals surface area contributed by atoms with Crippen LogP contribution in [0, 0.1) is 0 Å². The zero-order valence-corrected chi connectivity index (χ0v) is 10.6. The SMILES string of the molecule is O=c1c2ccccc2ccc2ccc(Br)cc12. The predicted octanol–water partition coefficient (Wildman–Crippen LogP) is 4.12. The van der Waals surface area contributed by atoms with Crippen LogP contribution >= 0.6 is 15.9 Å². The van der Waals surface area contributed by atoms with E-state index in [1.807, 2.05) is 54.6 Å². The van der Waals surface area contributed by atoms with Crippen LogP contribution in [0.3, 0.4) is 0 Å². The Hall–Kier alpha value is -1.67. The van der Waals surface area contributed by atoms with E-state index in [0.29, 0.717) is 0 Å². The largest absolute Gasteiger partial charge is 0.289 e. The number of hydrogen-bond donors (Lipinski definition) is 0. The van der Waals surface area contributed by atoms with Crippen molar-refractivity contribution < 1.29 is 0 Å². The van der Waals surface area contributed by atoms with Crippen molar-refractivity contribution >= 4 is 37.5 Å². The second kappa shape index (κ2) is 3.97. The highest BCUT2D eigenvalue weighted by Crippen LogP contribution is 2.19. The Morgan fingerprint density at radius 3 is 2.24 bits per heavy atom. The molecule has 0 amide bonds. The molecule has 2 heteroatoms. The van der Waals surface area contributed by atoms with Gasteiger partial charge in [-0.25, -0.2) is 0 Å². The molecule has 0 radical (unpaired) electrons. The molecule has 0 unspecified atom stereocenters. The minimum atomic E-state index is 0.0851. The summed E-state index contributed by atoms with van der Waals surface area (Å²) >= 11 is 3.41. The summed E-state index contributed by atoms with van der Waals surface area (Å²) in [6.07, 6.45) is 0.